The second-order valence-electron chi connectivity index (χ2n) is 3.93. The second-order valence-corrected chi connectivity index (χ2v) is 3.93. The third-order valence-electron chi connectivity index (χ3n) is 2.66. The molecule has 88 valence electrons. The van der Waals surface area contributed by atoms with Crippen molar-refractivity contribution in [3.05, 3.63) is 0 Å². The lowest BCUT2D eigenvalue weighted by atomic mass is 9.96. The highest BCUT2D eigenvalue weighted by molar-refractivity contribution is 5.81. The van der Waals surface area contributed by atoms with Crippen molar-refractivity contribution in [3.8, 4) is 0 Å². The van der Waals surface area contributed by atoms with Crippen LogP contribution in [0.3, 0.4) is 0 Å². The molecule has 1 aliphatic rings. The van der Waals surface area contributed by atoms with Crippen molar-refractivity contribution in [2.75, 3.05) is 13.1 Å². The summed E-state index contributed by atoms with van der Waals surface area (Å²) >= 11 is 0. The van der Waals surface area contributed by atoms with Crippen LogP contribution >= 0.6 is 0 Å². The van der Waals surface area contributed by atoms with Crippen molar-refractivity contribution in [1.29, 1.82) is 0 Å². The van der Waals surface area contributed by atoms with Crippen molar-refractivity contribution in [3.63, 3.8) is 0 Å². The summed E-state index contributed by atoms with van der Waals surface area (Å²) in [5, 5.41) is 0. The van der Waals surface area contributed by atoms with Gasteiger partial charge in [0.25, 0.3) is 0 Å². The van der Waals surface area contributed by atoms with Gasteiger partial charge in [-0.25, -0.2) is 0 Å². The first-order valence-electron chi connectivity index (χ1n) is 4.93. The van der Waals surface area contributed by atoms with E-state index in [4.69, 9.17) is 5.73 Å². The highest BCUT2D eigenvalue weighted by atomic mass is 19.4. The molecular weight excluding hydrogens is 209 g/mol. The molecule has 0 spiro atoms. The Labute approximate surface area is 86.4 Å². The molecule has 0 radical (unpaired) electrons. The van der Waals surface area contributed by atoms with Crippen molar-refractivity contribution < 1.29 is 18.0 Å². The number of halogens is 3. The van der Waals surface area contributed by atoms with Crippen molar-refractivity contribution >= 4 is 5.91 Å². The van der Waals surface area contributed by atoms with E-state index in [0.29, 0.717) is 0 Å². The Kier molecular flexibility index (Phi) is 3.59. The average molecular weight is 224 g/mol. The maximum Gasteiger partial charge on any atom is 0.391 e. The van der Waals surface area contributed by atoms with E-state index in [1.807, 2.05) is 0 Å². The van der Waals surface area contributed by atoms with E-state index in [9.17, 15) is 18.0 Å². The molecule has 1 aliphatic heterocycles. The van der Waals surface area contributed by atoms with Gasteiger partial charge in [-0.05, 0) is 19.8 Å². The molecule has 0 unspecified atom stereocenters. The first-order valence-corrected chi connectivity index (χ1v) is 4.93. The van der Waals surface area contributed by atoms with Gasteiger partial charge in [-0.2, -0.15) is 13.2 Å². The smallest absolute Gasteiger partial charge is 0.341 e. The zero-order chi connectivity index (χ0) is 11.6. The third kappa shape index (κ3) is 3.09. The Balaban J connectivity index is 2.46. The number of nitrogens with two attached hydrogens (primary N) is 1. The van der Waals surface area contributed by atoms with Gasteiger partial charge in [-0.3, -0.25) is 4.79 Å². The Morgan fingerprint density at radius 1 is 1.40 bits per heavy atom. The Morgan fingerprint density at radius 3 is 2.20 bits per heavy atom. The average Bonchev–Trinajstić information content (AvgIpc) is 2.15. The summed E-state index contributed by atoms with van der Waals surface area (Å²) in [6.45, 7) is 1.85. The molecule has 2 N–H and O–H groups in total. The van der Waals surface area contributed by atoms with Gasteiger partial charge in [0.15, 0.2) is 0 Å². The predicted octanol–water partition coefficient (Wildman–Crippen LogP) is 1.13. The molecule has 1 rings (SSSR count). The molecule has 0 saturated carbocycles. The molecule has 3 nitrogen and oxygen atoms in total. The number of alkyl halides is 3. The Hall–Kier alpha value is -0.780. The van der Waals surface area contributed by atoms with Crippen molar-refractivity contribution in [1.82, 2.24) is 4.90 Å². The molecule has 1 atom stereocenters. The van der Waals surface area contributed by atoms with Gasteiger partial charge in [0.1, 0.15) is 0 Å². The molecule has 0 aromatic rings. The Bertz CT molecular complexity index is 232. The largest absolute Gasteiger partial charge is 0.391 e. The minimum Gasteiger partial charge on any atom is -0.341 e. The minimum atomic E-state index is -4.14. The summed E-state index contributed by atoms with van der Waals surface area (Å²) in [4.78, 5) is 12.8. The summed E-state index contributed by atoms with van der Waals surface area (Å²) in [6.07, 6.45) is -4.16. The number of piperidine rings is 1. The number of carbonyl (C=O) groups is 1. The number of hydrogen-bond acceptors (Lipinski definition) is 2. The number of likely N-dealkylation sites (tertiary alicyclic amines) is 1. The molecule has 0 aromatic carbocycles. The molecule has 1 saturated heterocycles. The zero-order valence-electron chi connectivity index (χ0n) is 8.55. The van der Waals surface area contributed by atoms with Crippen LogP contribution in [0.2, 0.25) is 0 Å². The van der Waals surface area contributed by atoms with Gasteiger partial charge in [0, 0.05) is 13.1 Å². The Morgan fingerprint density at radius 2 is 1.87 bits per heavy atom. The first-order chi connectivity index (χ1) is 6.82. The quantitative estimate of drug-likeness (QED) is 0.725. The molecule has 1 fully saturated rings. The minimum absolute atomic E-state index is 0.0119. The van der Waals surface area contributed by atoms with Crippen LogP contribution in [0, 0.1) is 5.92 Å². The number of hydrogen-bond donors (Lipinski definition) is 1. The van der Waals surface area contributed by atoms with Crippen LogP contribution in [-0.4, -0.2) is 36.1 Å². The monoisotopic (exact) mass is 224 g/mol. The molecular formula is C9H15F3N2O. The molecule has 15 heavy (non-hydrogen) atoms. The standard InChI is InChI=1S/C9H15F3N2O/c1-6(13)8(15)14-4-2-7(3-5-14)9(10,11)12/h6-7H,2-5,13H2,1H3/t6-/m1/s1. The van der Waals surface area contributed by atoms with E-state index >= 15 is 0 Å². The lowest BCUT2D eigenvalue weighted by Crippen LogP contribution is -2.47. The third-order valence-corrected chi connectivity index (χ3v) is 2.66. The lowest BCUT2D eigenvalue weighted by Gasteiger charge is -2.33. The maximum absolute atomic E-state index is 12.3. The zero-order valence-corrected chi connectivity index (χ0v) is 8.55. The number of nitrogens with zero attached hydrogens (tertiary/aromatic N) is 1. The van der Waals surface area contributed by atoms with E-state index in [-0.39, 0.29) is 31.8 Å². The van der Waals surface area contributed by atoms with Crippen LogP contribution in [0.1, 0.15) is 19.8 Å². The number of amides is 1. The second kappa shape index (κ2) is 4.38. The molecule has 0 aliphatic carbocycles. The molecule has 0 aromatic heterocycles. The van der Waals surface area contributed by atoms with Gasteiger partial charge in [0.2, 0.25) is 5.91 Å². The maximum atomic E-state index is 12.3. The van der Waals surface area contributed by atoms with E-state index in [0.717, 1.165) is 0 Å². The van der Waals surface area contributed by atoms with E-state index in [1.54, 1.807) is 0 Å². The van der Waals surface area contributed by atoms with Crippen LogP contribution in [-0.2, 0) is 4.79 Å². The van der Waals surface area contributed by atoms with E-state index in [1.165, 1.54) is 11.8 Å². The summed E-state index contributed by atoms with van der Waals surface area (Å²) < 4.78 is 36.9. The van der Waals surface area contributed by atoms with Crippen LogP contribution in [0.5, 0.6) is 0 Å². The van der Waals surface area contributed by atoms with Gasteiger partial charge in [-0.15, -0.1) is 0 Å². The summed E-state index contributed by atoms with van der Waals surface area (Å²) in [5.74, 6) is -1.54. The fourth-order valence-electron chi connectivity index (χ4n) is 1.72. The molecule has 1 amide bonds. The van der Waals surface area contributed by atoms with E-state index < -0.39 is 18.1 Å². The van der Waals surface area contributed by atoms with Crippen LogP contribution in [0.15, 0.2) is 0 Å². The van der Waals surface area contributed by atoms with Gasteiger partial charge in [-0.1, -0.05) is 0 Å². The fourth-order valence-corrected chi connectivity index (χ4v) is 1.72. The highest BCUT2D eigenvalue weighted by Crippen LogP contribution is 2.34. The summed E-state index contributed by atoms with van der Waals surface area (Å²) in [7, 11) is 0. The SMILES string of the molecule is C[C@@H](N)C(=O)N1CCC(C(F)(F)F)CC1. The molecule has 6 heteroatoms. The lowest BCUT2D eigenvalue weighted by molar-refractivity contribution is -0.186. The van der Waals surface area contributed by atoms with E-state index in [2.05, 4.69) is 0 Å². The van der Waals surface area contributed by atoms with Crippen molar-refractivity contribution in [2.45, 2.75) is 32.0 Å². The fraction of sp³-hybridized carbons (Fsp3) is 0.889. The summed E-state index contributed by atoms with van der Waals surface area (Å²) in [6, 6.07) is -0.632. The highest BCUT2D eigenvalue weighted by Gasteiger charge is 2.41. The van der Waals surface area contributed by atoms with Gasteiger partial charge < -0.3 is 10.6 Å². The summed E-state index contributed by atoms with van der Waals surface area (Å²) in [5.41, 5.74) is 5.37. The number of rotatable bonds is 1. The number of carbonyl (C=O) groups excluding carboxylic acids is 1. The molecule has 1 heterocycles. The predicted molar refractivity (Wildman–Crippen MR) is 49.0 cm³/mol. The normalized spacial score (nSPS) is 21.5. The van der Waals surface area contributed by atoms with Crippen LogP contribution in [0.4, 0.5) is 13.2 Å². The van der Waals surface area contributed by atoms with Crippen LogP contribution in [0.25, 0.3) is 0 Å². The molecule has 0 bridgehead atoms. The van der Waals surface area contributed by atoms with Gasteiger partial charge >= 0.3 is 6.18 Å². The van der Waals surface area contributed by atoms with Gasteiger partial charge in [0.05, 0.1) is 12.0 Å². The first kappa shape index (κ1) is 12.3. The van der Waals surface area contributed by atoms with Crippen LogP contribution < -0.4 is 5.73 Å². The topological polar surface area (TPSA) is 46.3 Å². The van der Waals surface area contributed by atoms with Crippen molar-refractivity contribution in [2.24, 2.45) is 11.7 Å².